The number of fused-ring (bicyclic) bond motifs is 1. The van der Waals surface area contributed by atoms with E-state index < -0.39 is 29.2 Å². The number of anilines is 1. The second kappa shape index (κ2) is 10.0. The fraction of sp³-hybridized carbons (Fsp3) is 0.321. The highest BCUT2D eigenvalue weighted by Gasteiger charge is 2.40. The minimum Gasteiger partial charge on any atom is -0.455 e. The number of halogens is 2. The van der Waals surface area contributed by atoms with Crippen molar-refractivity contribution < 1.29 is 23.9 Å². The zero-order valence-corrected chi connectivity index (χ0v) is 23.5. The molecule has 1 N–H and O–H groups in total. The summed E-state index contributed by atoms with van der Waals surface area (Å²) in [7, 11) is 0. The van der Waals surface area contributed by atoms with Crippen molar-refractivity contribution in [2.45, 2.75) is 52.7 Å². The van der Waals surface area contributed by atoms with Crippen molar-refractivity contribution in [2.24, 2.45) is 0 Å². The summed E-state index contributed by atoms with van der Waals surface area (Å²) in [5, 5.41) is 3.66. The van der Waals surface area contributed by atoms with Crippen molar-refractivity contribution in [3.63, 3.8) is 0 Å². The maximum absolute atomic E-state index is 13.7. The Labute approximate surface area is 231 Å². The SMILES string of the molecule is CC(C)(C)OC(=O)c1[nH]c2cc(Cl)cc(Cl)c2c1/C=C1\CN(C(=O)OC(C)(C)C)N(c2ccccc2)C1=O. The van der Waals surface area contributed by atoms with Gasteiger partial charge < -0.3 is 14.5 Å². The van der Waals surface area contributed by atoms with Crippen LogP contribution >= 0.6 is 23.2 Å². The molecule has 4 rings (SSSR count). The third-order valence-electron chi connectivity index (χ3n) is 5.41. The van der Waals surface area contributed by atoms with Crippen molar-refractivity contribution >= 4 is 63.8 Å². The number of carbonyl (C=O) groups excluding carboxylic acids is 3. The minimum atomic E-state index is -0.775. The summed E-state index contributed by atoms with van der Waals surface area (Å²) < 4.78 is 11.2. The van der Waals surface area contributed by atoms with E-state index in [9.17, 15) is 14.4 Å². The van der Waals surface area contributed by atoms with Crippen LogP contribution in [0.4, 0.5) is 10.5 Å². The van der Waals surface area contributed by atoms with Crippen LogP contribution in [0.25, 0.3) is 17.0 Å². The molecule has 0 atom stereocenters. The smallest absolute Gasteiger partial charge is 0.430 e. The van der Waals surface area contributed by atoms with Gasteiger partial charge in [0, 0.05) is 27.1 Å². The maximum atomic E-state index is 13.7. The van der Waals surface area contributed by atoms with Crippen LogP contribution in [0.5, 0.6) is 0 Å². The molecule has 1 aliphatic heterocycles. The molecule has 1 aromatic heterocycles. The zero-order valence-electron chi connectivity index (χ0n) is 22.0. The van der Waals surface area contributed by atoms with E-state index >= 15 is 0 Å². The van der Waals surface area contributed by atoms with Crippen LogP contribution in [-0.2, 0) is 14.3 Å². The summed E-state index contributed by atoms with van der Waals surface area (Å²) in [5.74, 6) is -1.07. The van der Waals surface area contributed by atoms with Gasteiger partial charge in [0.1, 0.15) is 16.9 Å². The zero-order chi connectivity index (χ0) is 28.0. The molecule has 0 aliphatic carbocycles. The fourth-order valence-corrected chi connectivity index (χ4v) is 4.62. The first-order valence-corrected chi connectivity index (χ1v) is 12.7. The molecule has 0 bridgehead atoms. The number of amides is 2. The normalized spacial score (nSPS) is 15.5. The van der Waals surface area contributed by atoms with E-state index in [1.807, 2.05) is 6.07 Å². The number of hydrogen-bond donors (Lipinski definition) is 1. The van der Waals surface area contributed by atoms with E-state index in [2.05, 4.69) is 4.98 Å². The third-order valence-corrected chi connectivity index (χ3v) is 5.92. The highest BCUT2D eigenvalue weighted by atomic mass is 35.5. The summed E-state index contributed by atoms with van der Waals surface area (Å²) in [6, 6.07) is 12.0. The Balaban J connectivity index is 1.87. The molecule has 8 nitrogen and oxygen atoms in total. The van der Waals surface area contributed by atoms with Gasteiger partial charge in [-0.2, -0.15) is 0 Å². The number of para-hydroxylation sites is 1. The number of aromatic amines is 1. The molecule has 1 aliphatic rings. The van der Waals surface area contributed by atoms with Crippen LogP contribution in [0.15, 0.2) is 48.0 Å². The van der Waals surface area contributed by atoms with E-state index in [-0.39, 0.29) is 17.8 Å². The number of H-pyrrole nitrogens is 1. The Morgan fingerprint density at radius 3 is 2.21 bits per heavy atom. The van der Waals surface area contributed by atoms with E-state index in [1.165, 1.54) is 10.0 Å². The lowest BCUT2D eigenvalue weighted by Gasteiger charge is -2.29. The number of nitrogens with zero attached hydrogens (tertiary/aromatic N) is 2. The van der Waals surface area contributed by atoms with Crippen molar-refractivity contribution in [2.75, 3.05) is 11.6 Å². The monoisotopic (exact) mass is 557 g/mol. The van der Waals surface area contributed by atoms with Gasteiger partial charge in [-0.15, -0.1) is 0 Å². The fourth-order valence-electron chi connectivity index (χ4n) is 4.02. The molecule has 10 heteroatoms. The lowest BCUT2D eigenvalue weighted by atomic mass is 10.1. The van der Waals surface area contributed by atoms with Crippen LogP contribution in [0.2, 0.25) is 10.0 Å². The highest BCUT2D eigenvalue weighted by molar-refractivity contribution is 6.39. The molecule has 3 aromatic rings. The topological polar surface area (TPSA) is 91.9 Å². The van der Waals surface area contributed by atoms with Gasteiger partial charge in [-0.25, -0.2) is 19.6 Å². The van der Waals surface area contributed by atoms with Gasteiger partial charge in [0.05, 0.1) is 17.3 Å². The van der Waals surface area contributed by atoms with Crippen molar-refractivity contribution in [3.05, 3.63) is 69.3 Å². The van der Waals surface area contributed by atoms with Crippen molar-refractivity contribution in [1.82, 2.24) is 9.99 Å². The van der Waals surface area contributed by atoms with Gasteiger partial charge >= 0.3 is 12.1 Å². The standard InChI is InChI=1S/C28H29Cl2N3O5/c1-27(2,3)37-25(35)23-19(22-20(30)13-17(29)14-21(22)31-23)12-16-15-32(26(36)38-28(4,5)6)33(24(16)34)18-10-8-7-9-11-18/h7-14,31H,15H2,1-6H3/b16-12+. The number of aromatic nitrogens is 1. The van der Waals surface area contributed by atoms with Crippen LogP contribution in [-0.4, -0.2) is 45.7 Å². The van der Waals surface area contributed by atoms with Gasteiger partial charge in [0.25, 0.3) is 5.91 Å². The highest BCUT2D eigenvalue weighted by Crippen LogP contribution is 2.36. The van der Waals surface area contributed by atoms with Gasteiger partial charge in [-0.3, -0.25) is 4.79 Å². The number of rotatable bonds is 3. The molecular weight excluding hydrogens is 529 g/mol. The quantitative estimate of drug-likeness (QED) is 0.276. The Hall–Kier alpha value is -3.49. The number of hydrogen-bond acceptors (Lipinski definition) is 5. The first kappa shape index (κ1) is 27.5. The van der Waals surface area contributed by atoms with Crippen molar-refractivity contribution in [1.29, 1.82) is 0 Å². The van der Waals surface area contributed by atoms with Crippen LogP contribution in [0, 0.1) is 0 Å². The first-order valence-electron chi connectivity index (χ1n) is 12.0. The molecule has 0 radical (unpaired) electrons. The second-order valence-electron chi connectivity index (χ2n) is 10.9. The van der Waals surface area contributed by atoms with Gasteiger partial charge in [0.15, 0.2) is 0 Å². The number of nitrogens with one attached hydrogen (secondary N) is 1. The van der Waals surface area contributed by atoms with E-state index in [0.29, 0.717) is 32.2 Å². The molecule has 2 heterocycles. The Morgan fingerprint density at radius 2 is 1.61 bits per heavy atom. The van der Waals surface area contributed by atoms with Gasteiger partial charge in [-0.05, 0) is 71.9 Å². The van der Waals surface area contributed by atoms with E-state index in [0.717, 1.165) is 0 Å². The number of hydrazine groups is 1. The Kier molecular flexibility index (Phi) is 7.25. The second-order valence-corrected chi connectivity index (χ2v) is 11.7. The molecular formula is C28H29Cl2N3O5. The molecule has 0 spiro atoms. The predicted octanol–water partition coefficient (Wildman–Crippen LogP) is 7.01. The first-order chi connectivity index (χ1) is 17.6. The van der Waals surface area contributed by atoms with Crippen LogP contribution in [0.3, 0.4) is 0 Å². The number of carbonyl (C=O) groups is 3. The molecule has 2 amide bonds. The average molecular weight is 558 g/mol. The Bertz CT molecular complexity index is 1450. The summed E-state index contributed by atoms with van der Waals surface area (Å²) in [4.78, 5) is 43.1. The minimum absolute atomic E-state index is 0.0890. The van der Waals surface area contributed by atoms with Crippen LogP contribution < -0.4 is 5.01 Å². The van der Waals surface area contributed by atoms with Gasteiger partial charge in [0.2, 0.25) is 0 Å². The lowest BCUT2D eigenvalue weighted by molar-refractivity contribution is -0.115. The van der Waals surface area contributed by atoms with Crippen molar-refractivity contribution in [3.8, 4) is 0 Å². The van der Waals surface area contributed by atoms with E-state index in [4.69, 9.17) is 32.7 Å². The largest absolute Gasteiger partial charge is 0.455 e. The maximum Gasteiger partial charge on any atom is 0.430 e. The molecule has 38 heavy (non-hydrogen) atoms. The van der Waals surface area contributed by atoms with Crippen LogP contribution in [0.1, 0.15) is 57.6 Å². The summed E-state index contributed by atoms with van der Waals surface area (Å²) in [6.07, 6.45) is 0.870. The summed E-state index contributed by atoms with van der Waals surface area (Å²) in [5.41, 5.74) is 0.173. The average Bonchev–Trinajstić information content (AvgIpc) is 3.30. The molecule has 0 saturated carbocycles. The molecule has 2 aromatic carbocycles. The molecule has 200 valence electrons. The van der Waals surface area contributed by atoms with Gasteiger partial charge in [-0.1, -0.05) is 41.4 Å². The lowest BCUT2D eigenvalue weighted by Crippen LogP contribution is -2.45. The molecule has 1 saturated heterocycles. The summed E-state index contributed by atoms with van der Waals surface area (Å²) in [6.45, 7) is 10.4. The summed E-state index contributed by atoms with van der Waals surface area (Å²) >= 11 is 12.8. The Morgan fingerprint density at radius 1 is 0.974 bits per heavy atom. The molecule has 0 unspecified atom stereocenters. The third kappa shape index (κ3) is 5.81. The number of esters is 1. The van der Waals surface area contributed by atoms with E-state index in [1.54, 1.807) is 84.0 Å². The molecule has 1 fully saturated rings. The number of benzene rings is 2. The number of ether oxygens (including phenoxy) is 2. The predicted molar refractivity (Wildman–Crippen MR) is 148 cm³/mol.